The fraction of sp³-hybridized carbons (Fsp3) is 0.364. The maximum atomic E-state index is 12.1. The van der Waals surface area contributed by atoms with Crippen LogP contribution in [0.5, 0.6) is 23.0 Å². The van der Waals surface area contributed by atoms with Gasteiger partial charge in [0.05, 0.1) is 25.3 Å². The number of phenols is 2. The molecule has 0 bridgehead atoms. The van der Waals surface area contributed by atoms with Gasteiger partial charge in [0, 0.05) is 25.2 Å². The van der Waals surface area contributed by atoms with Crippen LogP contribution in [-0.2, 0) is 0 Å². The van der Waals surface area contributed by atoms with Crippen LogP contribution in [0.25, 0.3) is 0 Å². The number of hydrogen-bond donors (Lipinski definition) is 4. The first-order valence-electron chi connectivity index (χ1n) is 9.76. The van der Waals surface area contributed by atoms with Crippen molar-refractivity contribution in [1.29, 1.82) is 0 Å². The van der Waals surface area contributed by atoms with Crippen LogP contribution in [0.1, 0.15) is 46.4 Å². The van der Waals surface area contributed by atoms with Gasteiger partial charge in [0.25, 0.3) is 11.8 Å². The minimum absolute atomic E-state index is 0.120. The minimum atomic E-state index is -0.332. The van der Waals surface area contributed by atoms with E-state index in [9.17, 15) is 19.8 Å². The predicted molar refractivity (Wildman–Crippen MR) is 112 cm³/mol. The molecule has 2 aromatic carbocycles. The lowest BCUT2D eigenvalue weighted by Crippen LogP contribution is -2.25. The summed E-state index contributed by atoms with van der Waals surface area (Å²) in [6.07, 6.45) is 3.35. The van der Waals surface area contributed by atoms with E-state index in [1.54, 1.807) is 12.1 Å². The first-order chi connectivity index (χ1) is 14.5. The molecule has 2 amide bonds. The molecule has 0 saturated heterocycles. The van der Waals surface area contributed by atoms with Gasteiger partial charge < -0.3 is 30.3 Å². The van der Waals surface area contributed by atoms with E-state index in [-0.39, 0.29) is 34.4 Å². The third-order valence-corrected chi connectivity index (χ3v) is 4.57. The van der Waals surface area contributed by atoms with E-state index >= 15 is 0 Å². The number of rotatable bonds is 11. The van der Waals surface area contributed by atoms with E-state index in [2.05, 4.69) is 10.6 Å². The molecular weight excluding hydrogens is 388 g/mol. The number of aromatic hydroxyl groups is 2. The molecule has 0 aliphatic heterocycles. The van der Waals surface area contributed by atoms with Crippen LogP contribution in [0.15, 0.2) is 36.4 Å². The van der Waals surface area contributed by atoms with E-state index < -0.39 is 0 Å². The lowest BCUT2D eigenvalue weighted by molar-refractivity contribution is 0.0940. The lowest BCUT2D eigenvalue weighted by Gasteiger charge is -2.09. The van der Waals surface area contributed by atoms with Crippen molar-refractivity contribution in [3.63, 3.8) is 0 Å². The average Bonchev–Trinajstić information content (AvgIpc) is 2.74. The summed E-state index contributed by atoms with van der Waals surface area (Å²) in [5, 5.41) is 25.3. The standard InChI is InChI=1S/C22H28N2O6/c1-29-15-7-9-17(19(25)13-15)21(27)23-11-5-3-4-6-12-24-22(28)18-10-8-16(30-2)14-20(18)26/h7-10,13-14,25-26H,3-6,11-12H2,1-2H3,(H,23,27)(H,24,28). The Hall–Kier alpha value is -3.42. The fourth-order valence-corrected chi connectivity index (χ4v) is 2.86. The van der Waals surface area contributed by atoms with Gasteiger partial charge in [-0.15, -0.1) is 0 Å². The van der Waals surface area contributed by atoms with Crippen LogP contribution in [-0.4, -0.2) is 49.3 Å². The highest BCUT2D eigenvalue weighted by atomic mass is 16.5. The molecule has 0 spiro atoms. The van der Waals surface area contributed by atoms with Gasteiger partial charge >= 0.3 is 0 Å². The molecule has 0 saturated carbocycles. The van der Waals surface area contributed by atoms with Crippen molar-refractivity contribution >= 4 is 11.8 Å². The van der Waals surface area contributed by atoms with Crippen LogP contribution in [0.4, 0.5) is 0 Å². The number of carbonyl (C=O) groups is 2. The largest absolute Gasteiger partial charge is 0.507 e. The molecule has 0 atom stereocenters. The Balaban J connectivity index is 1.60. The molecular formula is C22H28N2O6. The number of amides is 2. The SMILES string of the molecule is COc1ccc(C(=O)NCCCCCCNC(=O)c2ccc(OC)cc2O)c(O)c1. The van der Waals surface area contributed by atoms with Gasteiger partial charge in [-0.25, -0.2) is 0 Å². The summed E-state index contributed by atoms with van der Waals surface area (Å²) < 4.78 is 9.99. The van der Waals surface area contributed by atoms with Gasteiger partial charge in [-0.2, -0.15) is 0 Å². The Labute approximate surface area is 175 Å². The summed E-state index contributed by atoms with van der Waals surface area (Å²) in [5.41, 5.74) is 0.417. The third kappa shape index (κ3) is 6.58. The average molecular weight is 416 g/mol. The van der Waals surface area contributed by atoms with Crippen molar-refractivity contribution in [3.05, 3.63) is 47.5 Å². The normalized spacial score (nSPS) is 10.3. The second-order valence-electron chi connectivity index (χ2n) is 6.69. The first-order valence-corrected chi connectivity index (χ1v) is 9.76. The molecule has 4 N–H and O–H groups in total. The second-order valence-corrected chi connectivity index (χ2v) is 6.69. The van der Waals surface area contributed by atoms with Gasteiger partial charge in [0.1, 0.15) is 23.0 Å². The Kier molecular flexibility index (Phi) is 8.80. The molecule has 0 fully saturated rings. The van der Waals surface area contributed by atoms with Gasteiger partial charge in [-0.3, -0.25) is 9.59 Å². The quantitative estimate of drug-likeness (QED) is 0.419. The topological polar surface area (TPSA) is 117 Å². The van der Waals surface area contributed by atoms with E-state index in [1.165, 1.54) is 38.5 Å². The van der Waals surface area contributed by atoms with Crippen molar-refractivity contribution in [2.24, 2.45) is 0 Å². The van der Waals surface area contributed by atoms with Crippen LogP contribution < -0.4 is 20.1 Å². The molecule has 0 aromatic heterocycles. The van der Waals surface area contributed by atoms with Crippen molar-refractivity contribution < 1.29 is 29.3 Å². The number of carbonyl (C=O) groups excluding carboxylic acids is 2. The van der Waals surface area contributed by atoms with Gasteiger partial charge in [0.2, 0.25) is 0 Å². The van der Waals surface area contributed by atoms with Crippen LogP contribution in [0, 0.1) is 0 Å². The van der Waals surface area contributed by atoms with Crippen LogP contribution in [0.2, 0.25) is 0 Å². The summed E-state index contributed by atoms with van der Waals surface area (Å²) in [5.74, 6) is 0.0658. The highest BCUT2D eigenvalue weighted by Gasteiger charge is 2.12. The number of hydrogen-bond acceptors (Lipinski definition) is 6. The van der Waals surface area contributed by atoms with Crippen LogP contribution >= 0.6 is 0 Å². The highest BCUT2D eigenvalue weighted by Crippen LogP contribution is 2.24. The fourth-order valence-electron chi connectivity index (χ4n) is 2.86. The molecule has 162 valence electrons. The van der Waals surface area contributed by atoms with Gasteiger partial charge in [0.15, 0.2) is 0 Å². The van der Waals surface area contributed by atoms with E-state index in [4.69, 9.17) is 9.47 Å². The molecule has 2 aromatic rings. The highest BCUT2D eigenvalue weighted by molar-refractivity contribution is 5.97. The summed E-state index contributed by atoms with van der Waals surface area (Å²) in [7, 11) is 2.98. The van der Waals surface area contributed by atoms with Crippen molar-refractivity contribution in [2.45, 2.75) is 25.7 Å². The molecule has 0 aliphatic carbocycles. The lowest BCUT2D eigenvalue weighted by atomic mass is 10.1. The predicted octanol–water partition coefficient (Wildman–Crippen LogP) is 2.84. The molecule has 0 radical (unpaired) electrons. The summed E-state index contributed by atoms with van der Waals surface area (Å²) in [6.45, 7) is 0.993. The first kappa shape index (κ1) is 22.9. The molecule has 2 rings (SSSR count). The number of nitrogens with one attached hydrogen (secondary N) is 2. The number of phenolic OH excluding ortho intramolecular Hbond substituents is 2. The third-order valence-electron chi connectivity index (χ3n) is 4.57. The van der Waals surface area contributed by atoms with Crippen molar-refractivity contribution in [3.8, 4) is 23.0 Å². The molecule has 0 aliphatic rings. The second kappa shape index (κ2) is 11.5. The minimum Gasteiger partial charge on any atom is -0.507 e. The zero-order valence-electron chi connectivity index (χ0n) is 17.2. The number of benzene rings is 2. The smallest absolute Gasteiger partial charge is 0.255 e. The van der Waals surface area contributed by atoms with Crippen molar-refractivity contribution in [2.75, 3.05) is 27.3 Å². The Morgan fingerprint density at radius 3 is 1.47 bits per heavy atom. The Morgan fingerprint density at radius 2 is 1.13 bits per heavy atom. The number of ether oxygens (including phenoxy) is 2. The Bertz CT molecular complexity index is 797. The van der Waals surface area contributed by atoms with Gasteiger partial charge in [-0.05, 0) is 37.1 Å². The monoisotopic (exact) mass is 416 g/mol. The molecule has 8 heteroatoms. The maximum Gasteiger partial charge on any atom is 0.255 e. The van der Waals surface area contributed by atoms with E-state index in [0.29, 0.717) is 24.6 Å². The molecule has 0 unspecified atom stereocenters. The summed E-state index contributed by atoms with van der Waals surface area (Å²) in [4.78, 5) is 24.2. The molecule has 0 heterocycles. The Morgan fingerprint density at radius 1 is 0.733 bits per heavy atom. The van der Waals surface area contributed by atoms with Crippen LogP contribution in [0.3, 0.4) is 0 Å². The maximum absolute atomic E-state index is 12.1. The van der Waals surface area contributed by atoms with E-state index in [0.717, 1.165) is 25.7 Å². The molecule has 8 nitrogen and oxygen atoms in total. The van der Waals surface area contributed by atoms with Crippen molar-refractivity contribution in [1.82, 2.24) is 10.6 Å². The summed E-state index contributed by atoms with van der Waals surface area (Å²) in [6, 6.07) is 9.08. The number of unbranched alkanes of at least 4 members (excludes halogenated alkanes) is 3. The zero-order chi connectivity index (χ0) is 21.9. The molecule has 30 heavy (non-hydrogen) atoms. The van der Waals surface area contributed by atoms with E-state index in [1.807, 2.05) is 0 Å². The summed E-state index contributed by atoms with van der Waals surface area (Å²) >= 11 is 0. The zero-order valence-corrected chi connectivity index (χ0v) is 17.2. The van der Waals surface area contributed by atoms with Gasteiger partial charge in [-0.1, -0.05) is 12.8 Å². The number of methoxy groups -OCH3 is 2.